The molecule has 5 nitrogen and oxygen atoms in total. The fourth-order valence-corrected chi connectivity index (χ4v) is 9.05. The second kappa shape index (κ2) is 11.9. The number of unbranched alkanes of at least 4 members (excludes halogenated alkanes) is 2. The number of methoxy groups -OCH3 is 1. The predicted octanol–water partition coefficient (Wildman–Crippen LogP) is 5.94. The molecule has 163 valence electrons. The molecule has 0 saturated heterocycles. The van der Waals surface area contributed by atoms with E-state index in [9.17, 15) is 4.79 Å². The minimum absolute atomic E-state index is 0.399. The number of ether oxygens (including phenoxy) is 3. The Kier molecular flexibility index (Phi) is 9.61. The van der Waals surface area contributed by atoms with Gasteiger partial charge in [0.25, 0.3) is 0 Å². The van der Waals surface area contributed by atoms with Crippen molar-refractivity contribution in [1.29, 1.82) is 0 Å². The van der Waals surface area contributed by atoms with Gasteiger partial charge in [0, 0.05) is 0 Å². The van der Waals surface area contributed by atoms with Crippen LogP contribution in [0.25, 0.3) is 0 Å². The number of esters is 1. The molecule has 0 atom stereocenters. The van der Waals surface area contributed by atoms with Crippen LogP contribution >= 0.6 is 0 Å². The molecule has 0 saturated carbocycles. The molecule has 0 unspecified atom stereocenters. The zero-order valence-corrected chi connectivity index (χ0v) is 20.7. The van der Waals surface area contributed by atoms with Gasteiger partial charge in [-0.05, 0) is 87.2 Å². The van der Waals surface area contributed by atoms with Crippen LogP contribution in [0.5, 0.6) is 17.2 Å². The molecule has 30 heavy (non-hydrogen) atoms. The summed E-state index contributed by atoms with van der Waals surface area (Å²) < 4.78 is 22.4. The van der Waals surface area contributed by atoms with Gasteiger partial charge in [-0.25, -0.2) is 4.79 Å². The van der Waals surface area contributed by atoms with Gasteiger partial charge in [0.15, 0.2) is 17.4 Å². The molecule has 0 aliphatic rings. The summed E-state index contributed by atoms with van der Waals surface area (Å²) in [5, 5.41) is 0. The maximum Gasteiger partial charge on any atom is 0.343 e. The highest BCUT2D eigenvalue weighted by molar-refractivity contribution is 6.77. The third kappa shape index (κ3) is 8.73. The molecule has 0 bridgehead atoms. The highest BCUT2D eigenvalue weighted by Crippen LogP contribution is 2.20. The number of benzene rings is 2. The lowest BCUT2D eigenvalue weighted by atomic mass is 10.2. The lowest BCUT2D eigenvalue weighted by molar-refractivity contribution is 0.0734. The molecule has 0 aliphatic heterocycles. The molecule has 1 radical (unpaired) electrons. The Balaban J connectivity index is 1.69. The lowest BCUT2D eigenvalue weighted by Gasteiger charge is -2.25. The topological polar surface area (TPSA) is 54.0 Å². The van der Waals surface area contributed by atoms with Crippen LogP contribution in [-0.2, 0) is 4.12 Å². The highest BCUT2D eigenvalue weighted by atomic mass is 28.4. The van der Waals surface area contributed by atoms with Crippen LogP contribution in [0.15, 0.2) is 48.5 Å². The summed E-state index contributed by atoms with van der Waals surface area (Å²) in [6, 6.07) is 15.2. The van der Waals surface area contributed by atoms with E-state index in [2.05, 4.69) is 26.2 Å². The van der Waals surface area contributed by atoms with Gasteiger partial charge in [0.05, 0.1) is 19.3 Å². The van der Waals surface area contributed by atoms with Crippen molar-refractivity contribution in [3.63, 3.8) is 0 Å². The number of hydrogen-bond donors (Lipinski definition) is 0. The Morgan fingerprint density at radius 2 is 1.47 bits per heavy atom. The molecule has 0 spiro atoms. The van der Waals surface area contributed by atoms with Crippen molar-refractivity contribution in [2.24, 2.45) is 0 Å². The first-order valence-corrected chi connectivity index (χ1v) is 15.9. The van der Waals surface area contributed by atoms with Crippen molar-refractivity contribution in [1.82, 2.24) is 0 Å². The van der Waals surface area contributed by atoms with Gasteiger partial charge < -0.3 is 18.3 Å². The van der Waals surface area contributed by atoms with E-state index in [0.717, 1.165) is 18.6 Å². The average Bonchev–Trinajstić information content (AvgIpc) is 2.70. The molecule has 0 heterocycles. The lowest BCUT2D eigenvalue weighted by Crippen LogP contribution is -2.34. The maximum atomic E-state index is 12.3. The Morgan fingerprint density at radius 1 is 0.867 bits per heavy atom. The van der Waals surface area contributed by atoms with Crippen LogP contribution in [0.1, 0.15) is 29.6 Å². The quantitative estimate of drug-likeness (QED) is 0.175. The molecule has 0 N–H and O–H groups in total. The van der Waals surface area contributed by atoms with E-state index < -0.39 is 23.3 Å². The smallest absolute Gasteiger partial charge is 0.343 e. The third-order valence-corrected chi connectivity index (χ3v) is 9.93. The third-order valence-electron chi connectivity index (χ3n) is 4.53. The van der Waals surface area contributed by atoms with Crippen LogP contribution in [0.3, 0.4) is 0 Å². The standard InChI is InChI=1S/C23H33O5Si2/c1-25-20-13-15-22(16-14-20)27-23(24)19-9-11-21(12-10-19)26-17-7-6-8-18-30(4,5)28-29(2)3/h9-16H,6-8,17-18H2,1-5H3. The van der Waals surface area contributed by atoms with E-state index in [1.54, 1.807) is 55.6 Å². The molecular weight excluding hydrogens is 412 g/mol. The summed E-state index contributed by atoms with van der Waals surface area (Å²) in [4.78, 5) is 12.3. The summed E-state index contributed by atoms with van der Waals surface area (Å²) in [7, 11) is -0.497. The second-order valence-electron chi connectivity index (χ2n) is 8.02. The van der Waals surface area contributed by atoms with E-state index in [4.69, 9.17) is 18.3 Å². The number of rotatable bonds is 12. The van der Waals surface area contributed by atoms with Crippen LogP contribution in [0.4, 0.5) is 0 Å². The summed E-state index contributed by atoms with van der Waals surface area (Å²) >= 11 is 0. The molecular formula is C23H33O5Si2. The van der Waals surface area contributed by atoms with Gasteiger partial charge >= 0.3 is 5.97 Å². The molecule has 0 fully saturated rings. The van der Waals surface area contributed by atoms with Crippen molar-refractivity contribution in [2.75, 3.05) is 13.7 Å². The second-order valence-corrected chi connectivity index (χ2v) is 14.7. The zero-order valence-electron chi connectivity index (χ0n) is 18.7. The fraction of sp³-hybridized carbons (Fsp3) is 0.435. The van der Waals surface area contributed by atoms with Gasteiger partial charge in [-0.2, -0.15) is 0 Å². The van der Waals surface area contributed by atoms with Crippen LogP contribution < -0.4 is 14.2 Å². The van der Waals surface area contributed by atoms with Crippen LogP contribution in [-0.4, -0.2) is 37.0 Å². The Labute approximate surface area is 183 Å². The first kappa shape index (κ1) is 24.2. The van der Waals surface area contributed by atoms with Crippen molar-refractivity contribution in [3.8, 4) is 17.2 Å². The predicted molar refractivity (Wildman–Crippen MR) is 125 cm³/mol. The van der Waals surface area contributed by atoms with Crippen LogP contribution in [0.2, 0.25) is 32.2 Å². The summed E-state index contributed by atoms with van der Waals surface area (Å²) in [5.74, 6) is 1.56. The minimum atomic E-state index is -1.49. The first-order valence-electron chi connectivity index (χ1n) is 10.4. The Hall–Kier alpha value is -2.10. The summed E-state index contributed by atoms with van der Waals surface area (Å²) in [6.07, 6.45) is 3.34. The molecule has 7 heteroatoms. The maximum absolute atomic E-state index is 12.3. The molecule has 0 aliphatic carbocycles. The number of hydrogen-bond acceptors (Lipinski definition) is 5. The van der Waals surface area contributed by atoms with Gasteiger partial charge in [0.1, 0.15) is 17.2 Å². The van der Waals surface area contributed by atoms with E-state index in [0.29, 0.717) is 23.7 Å². The zero-order chi connectivity index (χ0) is 22.0. The minimum Gasteiger partial charge on any atom is -0.497 e. The largest absolute Gasteiger partial charge is 0.497 e. The monoisotopic (exact) mass is 445 g/mol. The van der Waals surface area contributed by atoms with Gasteiger partial charge in [-0.1, -0.05) is 12.8 Å². The molecule has 2 rings (SSSR count). The van der Waals surface area contributed by atoms with E-state index in [-0.39, 0.29) is 0 Å². The van der Waals surface area contributed by atoms with Gasteiger partial charge in [0.2, 0.25) is 0 Å². The molecule has 2 aromatic rings. The molecule has 0 aromatic heterocycles. The summed E-state index contributed by atoms with van der Waals surface area (Å²) in [5.41, 5.74) is 0.484. The summed E-state index contributed by atoms with van der Waals surface area (Å²) in [6.45, 7) is 9.70. The Bertz CT molecular complexity index is 773. The average molecular weight is 446 g/mol. The Morgan fingerprint density at radius 3 is 2.07 bits per heavy atom. The fourth-order valence-electron chi connectivity index (χ4n) is 3.12. The van der Waals surface area contributed by atoms with E-state index in [1.807, 2.05) is 0 Å². The van der Waals surface area contributed by atoms with Crippen molar-refractivity contribution in [2.45, 2.75) is 51.5 Å². The number of carbonyl (C=O) groups is 1. The van der Waals surface area contributed by atoms with E-state index >= 15 is 0 Å². The highest BCUT2D eigenvalue weighted by Gasteiger charge is 2.22. The number of carbonyl (C=O) groups excluding carboxylic acids is 1. The molecule has 2 aromatic carbocycles. The van der Waals surface area contributed by atoms with Crippen molar-refractivity contribution >= 4 is 23.3 Å². The van der Waals surface area contributed by atoms with Gasteiger partial charge in [-0.3, -0.25) is 0 Å². The SMILES string of the molecule is COc1ccc(OC(=O)c2ccc(OCCCCC[Si](C)(C)O[Si](C)C)cc2)cc1. The van der Waals surface area contributed by atoms with Crippen molar-refractivity contribution < 1.29 is 23.1 Å². The van der Waals surface area contributed by atoms with Crippen LogP contribution in [0, 0.1) is 0 Å². The van der Waals surface area contributed by atoms with Crippen molar-refractivity contribution in [3.05, 3.63) is 54.1 Å². The van der Waals surface area contributed by atoms with Gasteiger partial charge in [-0.15, -0.1) is 0 Å². The first-order chi connectivity index (χ1) is 14.3. The normalized spacial score (nSPS) is 11.4. The molecule has 0 amide bonds. The van der Waals surface area contributed by atoms with E-state index in [1.165, 1.54) is 12.5 Å².